The van der Waals surface area contributed by atoms with Crippen molar-refractivity contribution in [1.29, 1.82) is 0 Å². The minimum Gasteiger partial charge on any atom is -0.461 e. The number of hydrogen-bond donors (Lipinski definition) is 1. The smallest absolute Gasteiger partial charge is 0.336 e. The van der Waals surface area contributed by atoms with E-state index >= 15 is 0 Å². The predicted octanol–water partition coefficient (Wildman–Crippen LogP) is 4.74. The number of carbonyl (C=O) groups is 2. The predicted molar refractivity (Wildman–Crippen MR) is 122 cm³/mol. The van der Waals surface area contributed by atoms with Crippen LogP contribution in [0, 0.1) is 12.8 Å². The van der Waals surface area contributed by atoms with Crippen molar-refractivity contribution in [3.63, 3.8) is 0 Å². The molecule has 166 valence electrons. The number of anilines is 1. The van der Waals surface area contributed by atoms with E-state index in [4.69, 9.17) is 20.8 Å². The van der Waals surface area contributed by atoms with Crippen LogP contribution in [-0.4, -0.2) is 30.0 Å². The number of nitrogens with zero attached hydrogens (tertiary/aromatic N) is 1. The third-order valence-electron chi connectivity index (χ3n) is 5.55. The largest absolute Gasteiger partial charge is 0.461 e. The summed E-state index contributed by atoms with van der Waals surface area (Å²) in [4.78, 5) is 38.8. The third kappa shape index (κ3) is 4.94. The Morgan fingerprint density at radius 3 is 2.78 bits per heavy atom. The van der Waals surface area contributed by atoms with Gasteiger partial charge in [0.25, 0.3) is 0 Å². The van der Waals surface area contributed by atoms with Crippen LogP contribution in [0.25, 0.3) is 11.0 Å². The second-order valence-corrected chi connectivity index (χ2v) is 8.28. The highest BCUT2D eigenvalue weighted by Gasteiger charge is 2.29. The fraction of sp³-hybridized carbons (Fsp3) is 0.292. The number of benzene rings is 2. The van der Waals surface area contributed by atoms with Gasteiger partial charge in [-0.05, 0) is 49.6 Å². The zero-order chi connectivity index (χ0) is 22.7. The zero-order valence-corrected chi connectivity index (χ0v) is 18.4. The molecular weight excluding hydrogens is 432 g/mol. The molecule has 32 heavy (non-hydrogen) atoms. The van der Waals surface area contributed by atoms with Gasteiger partial charge in [0.15, 0.2) is 0 Å². The van der Waals surface area contributed by atoms with Crippen LogP contribution in [0.5, 0.6) is 0 Å². The molecule has 2 amide bonds. The van der Waals surface area contributed by atoms with E-state index in [1.54, 1.807) is 17.0 Å². The monoisotopic (exact) mass is 454 g/mol. The van der Waals surface area contributed by atoms with Crippen molar-refractivity contribution in [2.45, 2.75) is 26.4 Å². The van der Waals surface area contributed by atoms with Crippen molar-refractivity contribution in [2.24, 2.45) is 5.92 Å². The van der Waals surface area contributed by atoms with E-state index in [-0.39, 0.29) is 19.2 Å². The Hall–Kier alpha value is -3.32. The molecule has 0 spiro atoms. The number of carbonyl (C=O) groups excluding carboxylic acids is 2. The van der Waals surface area contributed by atoms with Crippen LogP contribution in [0.4, 0.5) is 10.5 Å². The van der Waals surface area contributed by atoms with E-state index in [1.165, 1.54) is 6.07 Å². The lowest BCUT2D eigenvalue weighted by atomic mass is 9.98. The maximum Gasteiger partial charge on any atom is 0.336 e. The number of ether oxygens (including phenoxy) is 1. The topological polar surface area (TPSA) is 88.8 Å². The Labute approximate surface area is 189 Å². The fourth-order valence-electron chi connectivity index (χ4n) is 3.81. The van der Waals surface area contributed by atoms with Gasteiger partial charge in [-0.3, -0.25) is 4.79 Å². The number of hydrogen-bond acceptors (Lipinski definition) is 5. The lowest BCUT2D eigenvalue weighted by Crippen LogP contribution is -2.44. The van der Waals surface area contributed by atoms with Crippen LogP contribution in [-0.2, 0) is 16.1 Å². The van der Waals surface area contributed by atoms with Gasteiger partial charge in [0.05, 0.1) is 5.92 Å². The molecule has 8 heteroatoms. The first-order valence-electron chi connectivity index (χ1n) is 10.4. The lowest BCUT2D eigenvalue weighted by molar-refractivity contribution is -0.151. The van der Waals surface area contributed by atoms with Crippen LogP contribution in [0.1, 0.15) is 24.0 Å². The van der Waals surface area contributed by atoms with E-state index in [2.05, 4.69) is 5.32 Å². The molecule has 1 aliphatic rings. The molecule has 1 fully saturated rings. The molecule has 0 aliphatic carbocycles. The number of nitrogens with one attached hydrogen (secondary N) is 1. The van der Waals surface area contributed by atoms with Crippen LogP contribution >= 0.6 is 11.6 Å². The summed E-state index contributed by atoms with van der Waals surface area (Å²) in [6.07, 6.45) is 1.34. The first-order chi connectivity index (χ1) is 15.4. The average molecular weight is 455 g/mol. The van der Waals surface area contributed by atoms with Gasteiger partial charge in [-0.2, -0.15) is 0 Å². The number of amides is 2. The molecule has 0 unspecified atom stereocenters. The van der Waals surface area contributed by atoms with E-state index in [1.807, 2.05) is 37.3 Å². The summed E-state index contributed by atoms with van der Waals surface area (Å²) in [6, 6.07) is 13.6. The average Bonchev–Trinajstić information content (AvgIpc) is 2.79. The molecule has 3 aromatic rings. The Bertz CT molecular complexity index is 1210. The second-order valence-electron chi connectivity index (χ2n) is 7.88. The third-order valence-corrected chi connectivity index (χ3v) is 5.95. The number of aryl methyl sites for hydroxylation is 1. The van der Waals surface area contributed by atoms with Crippen molar-refractivity contribution in [2.75, 3.05) is 18.4 Å². The number of esters is 1. The highest BCUT2D eigenvalue weighted by Crippen LogP contribution is 2.26. The Morgan fingerprint density at radius 1 is 1.22 bits per heavy atom. The minimum atomic E-state index is -0.522. The molecule has 1 aliphatic heterocycles. The molecule has 0 bridgehead atoms. The molecule has 4 rings (SSSR count). The quantitative estimate of drug-likeness (QED) is 0.454. The van der Waals surface area contributed by atoms with Gasteiger partial charge in [-0.25, -0.2) is 9.59 Å². The van der Waals surface area contributed by atoms with Crippen LogP contribution in [0.2, 0.25) is 5.02 Å². The highest BCUT2D eigenvalue weighted by atomic mass is 35.5. The summed E-state index contributed by atoms with van der Waals surface area (Å²) in [5.74, 6) is -0.829. The van der Waals surface area contributed by atoms with Gasteiger partial charge in [0, 0.05) is 40.8 Å². The first-order valence-corrected chi connectivity index (χ1v) is 10.8. The minimum absolute atomic E-state index is 0.0764. The molecule has 1 N–H and O–H groups in total. The number of para-hydroxylation sites is 1. The lowest BCUT2D eigenvalue weighted by Gasteiger charge is -2.31. The van der Waals surface area contributed by atoms with Gasteiger partial charge in [0.1, 0.15) is 12.2 Å². The van der Waals surface area contributed by atoms with Gasteiger partial charge in [-0.15, -0.1) is 0 Å². The first kappa shape index (κ1) is 21.9. The maximum atomic E-state index is 12.7. The van der Waals surface area contributed by atoms with E-state index in [0.717, 1.165) is 5.56 Å². The van der Waals surface area contributed by atoms with Crippen LogP contribution in [0.15, 0.2) is 57.7 Å². The zero-order valence-electron chi connectivity index (χ0n) is 17.6. The summed E-state index contributed by atoms with van der Waals surface area (Å²) in [5, 5.41) is 4.00. The molecule has 2 aromatic carbocycles. The fourth-order valence-corrected chi connectivity index (χ4v) is 3.98. The van der Waals surface area contributed by atoms with Gasteiger partial charge >= 0.3 is 17.6 Å². The normalized spacial score (nSPS) is 16.1. The van der Waals surface area contributed by atoms with Crippen LogP contribution < -0.4 is 10.9 Å². The Kier molecular flexibility index (Phi) is 6.46. The van der Waals surface area contributed by atoms with Gasteiger partial charge in [0.2, 0.25) is 0 Å². The van der Waals surface area contributed by atoms with Gasteiger partial charge < -0.3 is 19.4 Å². The standard InChI is InChI=1S/C24H23ClN2O5/c1-15-10-21-19(12-20(15)25)17(11-22(28)32-21)14-31-23(29)16-6-5-9-27(13-16)24(30)26-18-7-3-2-4-8-18/h2-4,7-8,10-12,16H,5-6,9,13-14H2,1H3,(H,26,30)/t16-/m1/s1. The van der Waals surface area contributed by atoms with E-state index in [0.29, 0.717) is 46.6 Å². The number of likely N-dealkylation sites (tertiary alicyclic amines) is 1. The van der Waals surface area contributed by atoms with Crippen molar-refractivity contribution >= 4 is 40.3 Å². The van der Waals surface area contributed by atoms with E-state index < -0.39 is 17.5 Å². The number of fused-ring (bicyclic) bond motifs is 1. The summed E-state index contributed by atoms with van der Waals surface area (Å²) in [7, 11) is 0. The molecule has 1 saturated heterocycles. The highest BCUT2D eigenvalue weighted by molar-refractivity contribution is 6.32. The van der Waals surface area contributed by atoms with Crippen molar-refractivity contribution in [1.82, 2.24) is 4.90 Å². The molecular formula is C24H23ClN2O5. The number of piperidine rings is 1. The van der Waals surface area contributed by atoms with Crippen molar-refractivity contribution in [3.05, 3.63) is 75.1 Å². The summed E-state index contributed by atoms with van der Waals surface area (Å²) >= 11 is 6.22. The van der Waals surface area contributed by atoms with E-state index in [9.17, 15) is 14.4 Å². The Morgan fingerprint density at radius 2 is 2.00 bits per heavy atom. The molecule has 1 aromatic heterocycles. The molecule has 7 nitrogen and oxygen atoms in total. The number of rotatable bonds is 4. The second kappa shape index (κ2) is 9.44. The Balaban J connectivity index is 1.41. The van der Waals surface area contributed by atoms with Gasteiger partial charge in [-0.1, -0.05) is 29.8 Å². The molecule has 0 radical (unpaired) electrons. The van der Waals surface area contributed by atoms with Crippen molar-refractivity contribution in [3.8, 4) is 0 Å². The SMILES string of the molecule is Cc1cc2oc(=O)cc(COC(=O)[C@@H]3CCCN(C(=O)Nc4ccccc4)C3)c2cc1Cl. The number of urea groups is 1. The molecule has 1 atom stereocenters. The van der Waals surface area contributed by atoms with Crippen LogP contribution in [0.3, 0.4) is 0 Å². The molecule has 2 heterocycles. The summed E-state index contributed by atoms with van der Waals surface area (Å²) < 4.78 is 10.8. The summed E-state index contributed by atoms with van der Waals surface area (Å²) in [5.41, 5.74) is 1.89. The maximum absolute atomic E-state index is 12.7. The van der Waals surface area contributed by atoms with Crippen molar-refractivity contribution < 1.29 is 18.7 Å². The number of halogens is 1. The summed E-state index contributed by atoms with van der Waals surface area (Å²) in [6.45, 7) is 2.59. The molecule has 0 saturated carbocycles.